The van der Waals surface area contributed by atoms with Crippen molar-refractivity contribution in [3.05, 3.63) is 71.2 Å². The van der Waals surface area contributed by atoms with Crippen molar-refractivity contribution >= 4 is 26.7 Å². The lowest BCUT2D eigenvalue weighted by Crippen LogP contribution is -1.81. The molecule has 1 heteroatoms. The smallest absolute Gasteiger partial charge is 0.0332 e. The van der Waals surface area contributed by atoms with Gasteiger partial charge in [0.25, 0.3) is 0 Å². The zero-order chi connectivity index (χ0) is 11.7. The van der Waals surface area contributed by atoms with E-state index in [1.165, 1.54) is 26.4 Å². The van der Waals surface area contributed by atoms with Gasteiger partial charge < -0.3 is 0 Å². The second kappa shape index (κ2) is 4.34. The Morgan fingerprint density at radius 3 is 2.18 bits per heavy atom. The second-order valence-electron chi connectivity index (χ2n) is 4.01. The summed E-state index contributed by atoms with van der Waals surface area (Å²) in [4.78, 5) is 0. The van der Waals surface area contributed by atoms with Crippen LogP contribution in [-0.2, 0) is 0 Å². The Bertz CT molecular complexity index is 657. The largest absolute Gasteiger partial charge is 0.0622 e. The predicted octanol–water partition coefficient (Wildman–Crippen LogP) is 5.27. The van der Waals surface area contributed by atoms with E-state index in [4.69, 9.17) is 0 Å². The van der Waals surface area contributed by atoms with E-state index in [1.807, 2.05) is 6.07 Å². The summed E-state index contributed by atoms with van der Waals surface area (Å²) in [7, 11) is 0. The van der Waals surface area contributed by atoms with Gasteiger partial charge in [-0.2, -0.15) is 0 Å². The van der Waals surface area contributed by atoms with E-state index in [2.05, 4.69) is 76.6 Å². The van der Waals surface area contributed by atoms with E-state index < -0.39 is 0 Å². The predicted molar refractivity (Wildman–Crippen MR) is 77.1 cm³/mol. The average molecular weight is 283 g/mol. The second-order valence-corrected chi connectivity index (χ2v) is 4.81. The van der Waals surface area contributed by atoms with Gasteiger partial charge in [0, 0.05) is 4.47 Å². The van der Waals surface area contributed by atoms with Crippen LogP contribution in [0.5, 0.6) is 0 Å². The molecule has 3 rings (SSSR count). The summed E-state index contributed by atoms with van der Waals surface area (Å²) >= 11 is 3.72. The minimum absolute atomic E-state index is 1.17. The number of rotatable bonds is 1. The highest BCUT2D eigenvalue weighted by molar-refractivity contribution is 9.10. The van der Waals surface area contributed by atoms with Crippen LogP contribution in [0.25, 0.3) is 21.9 Å². The van der Waals surface area contributed by atoms with E-state index in [1.54, 1.807) is 0 Å². The van der Waals surface area contributed by atoms with Crippen molar-refractivity contribution in [3.8, 4) is 11.1 Å². The van der Waals surface area contributed by atoms with Crippen LogP contribution >= 0.6 is 15.9 Å². The summed E-state index contributed by atoms with van der Waals surface area (Å²) in [6.45, 7) is 0. The highest BCUT2D eigenvalue weighted by atomic mass is 79.9. The quantitative estimate of drug-likeness (QED) is 0.570. The van der Waals surface area contributed by atoms with E-state index >= 15 is 0 Å². The molecule has 0 aliphatic rings. The van der Waals surface area contributed by atoms with Crippen molar-refractivity contribution in [2.75, 3.05) is 0 Å². The molecule has 0 atom stereocenters. The highest BCUT2D eigenvalue weighted by Crippen LogP contribution is 2.34. The molecule has 0 unspecified atom stereocenters. The fourth-order valence-corrected chi connectivity index (χ4v) is 2.80. The van der Waals surface area contributed by atoms with E-state index in [9.17, 15) is 0 Å². The Hall–Kier alpha value is -1.60. The van der Waals surface area contributed by atoms with Crippen molar-refractivity contribution in [1.82, 2.24) is 0 Å². The Kier molecular flexibility index (Phi) is 2.69. The molecule has 0 N–H and O–H groups in total. The molecule has 17 heavy (non-hydrogen) atoms. The maximum absolute atomic E-state index is 3.72. The lowest BCUT2D eigenvalue weighted by molar-refractivity contribution is 1.62. The number of hydrogen-bond donors (Lipinski definition) is 0. The van der Waals surface area contributed by atoms with Gasteiger partial charge in [-0.05, 0) is 37.8 Å². The summed E-state index contributed by atoms with van der Waals surface area (Å²) in [5.74, 6) is 0. The summed E-state index contributed by atoms with van der Waals surface area (Å²) in [5.41, 5.74) is 2.48. The molecule has 82 valence electrons. The van der Waals surface area contributed by atoms with Crippen LogP contribution in [0.15, 0.2) is 71.2 Å². The molecule has 0 aliphatic heterocycles. The molecule has 0 spiro atoms. The van der Waals surface area contributed by atoms with Crippen molar-refractivity contribution in [1.29, 1.82) is 0 Å². The van der Waals surface area contributed by atoms with Crippen LogP contribution in [0.1, 0.15) is 0 Å². The standard InChI is InChI=1S/C16H11Br/c17-16-14-9-5-4-8-13(14)10-11-15(16)12-6-2-1-3-7-12/h1-11H. The molecule has 0 nitrogen and oxygen atoms in total. The molecule has 0 radical (unpaired) electrons. The molecule has 0 heterocycles. The number of halogens is 1. The van der Waals surface area contributed by atoms with Gasteiger partial charge in [-0.25, -0.2) is 0 Å². The number of fused-ring (bicyclic) bond motifs is 1. The molecular formula is C16H11Br. The zero-order valence-corrected chi connectivity index (χ0v) is 10.8. The van der Waals surface area contributed by atoms with Gasteiger partial charge in [0.2, 0.25) is 0 Å². The Labute approximate surface area is 109 Å². The Morgan fingerprint density at radius 1 is 0.647 bits per heavy atom. The molecule has 3 aromatic rings. The maximum Gasteiger partial charge on any atom is 0.0332 e. The molecule has 0 bridgehead atoms. The van der Waals surface area contributed by atoms with Crippen LogP contribution in [0.3, 0.4) is 0 Å². The third-order valence-corrected chi connectivity index (χ3v) is 3.80. The van der Waals surface area contributed by atoms with Crippen LogP contribution in [0.4, 0.5) is 0 Å². The number of benzene rings is 3. The first-order chi connectivity index (χ1) is 8.36. The van der Waals surface area contributed by atoms with Crippen LogP contribution in [0.2, 0.25) is 0 Å². The third-order valence-electron chi connectivity index (χ3n) is 2.95. The SMILES string of the molecule is Brc1c(-c2ccccc2)ccc2ccccc12. The minimum atomic E-state index is 1.17. The Morgan fingerprint density at radius 2 is 1.35 bits per heavy atom. The van der Waals surface area contributed by atoms with Crippen LogP contribution in [0, 0.1) is 0 Å². The van der Waals surface area contributed by atoms with E-state index in [0.29, 0.717) is 0 Å². The van der Waals surface area contributed by atoms with E-state index in [0.717, 1.165) is 0 Å². The molecule has 0 amide bonds. The van der Waals surface area contributed by atoms with Gasteiger partial charge >= 0.3 is 0 Å². The van der Waals surface area contributed by atoms with Gasteiger partial charge in [0.05, 0.1) is 0 Å². The topological polar surface area (TPSA) is 0 Å². The van der Waals surface area contributed by atoms with Gasteiger partial charge in [-0.15, -0.1) is 0 Å². The van der Waals surface area contributed by atoms with Crippen molar-refractivity contribution in [2.45, 2.75) is 0 Å². The molecule has 0 aliphatic carbocycles. The molecule has 0 fully saturated rings. The molecule has 0 aromatic heterocycles. The first-order valence-corrected chi connectivity index (χ1v) is 6.38. The summed E-state index contributed by atoms with van der Waals surface area (Å²) in [6, 6.07) is 23.2. The number of hydrogen-bond acceptors (Lipinski definition) is 0. The first-order valence-electron chi connectivity index (χ1n) is 5.59. The molecule has 0 saturated carbocycles. The minimum Gasteiger partial charge on any atom is -0.0622 e. The van der Waals surface area contributed by atoms with Crippen LogP contribution in [-0.4, -0.2) is 0 Å². The zero-order valence-electron chi connectivity index (χ0n) is 9.23. The van der Waals surface area contributed by atoms with E-state index in [-0.39, 0.29) is 0 Å². The maximum atomic E-state index is 3.72. The monoisotopic (exact) mass is 282 g/mol. The van der Waals surface area contributed by atoms with Crippen molar-refractivity contribution < 1.29 is 0 Å². The van der Waals surface area contributed by atoms with Crippen molar-refractivity contribution in [2.24, 2.45) is 0 Å². The van der Waals surface area contributed by atoms with Gasteiger partial charge in [0.15, 0.2) is 0 Å². The van der Waals surface area contributed by atoms with Gasteiger partial charge in [-0.1, -0.05) is 66.7 Å². The fourth-order valence-electron chi connectivity index (χ4n) is 2.07. The highest BCUT2D eigenvalue weighted by Gasteiger charge is 2.05. The summed E-state index contributed by atoms with van der Waals surface area (Å²) in [5, 5.41) is 2.52. The molecule has 3 aromatic carbocycles. The lowest BCUT2D eigenvalue weighted by atomic mass is 10.0. The summed E-state index contributed by atoms with van der Waals surface area (Å²) < 4.78 is 1.17. The third kappa shape index (κ3) is 1.87. The first kappa shape index (κ1) is 10.5. The average Bonchev–Trinajstić information content (AvgIpc) is 2.40. The normalized spacial score (nSPS) is 10.6. The summed E-state index contributed by atoms with van der Waals surface area (Å²) in [6.07, 6.45) is 0. The molecular weight excluding hydrogens is 272 g/mol. The van der Waals surface area contributed by atoms with Gasteiger partial charge in [0.1, 0.15) is 0 Å². The van der Waals surface area contributed by atoms with Gasteiger partial charge in [-0.3, -0.25) is 0 Å². The Balaban J connectivity index is 2.29. The molecule has 0 saturated heterocycles. The van der Waals surface area contributed by atoms with Crippen LogP contribution < -0.4 is 0 Å². The van der Waals surface area contributed by atoms with Crippen molar-refractivity contribution in [3.63, 3.8) is 0 Å². The lowest BCUT2D eigenvalue weighted by Gasteiger charge is -2.08. The fraction of sp³-hybridized carbons (Fsp3) is 0.